The highest BCUT2D eigenvalue weighted by Crippen LogP contribution is 2.15. The molecule has 3 aromatic carbocycles. The van der Waals surface area contributed by atoms with Gasteiger partial charge in [-0.15, -0.1) is 0 Å². The summed E-state index contributed by atoms with van der Waals surface area (Å²) >= 11 is 0. The smallest absolute Gasteiger partial charge is 0.326 e. The van der Waals surface area contributed by atoms with Gasteiger partial charge in [0.2, 0.25) is 0 Å². The first kappa shape index (κ1) is 22.4. The van der Waals surface area contributed by atoms with E-state index in [4.69, 9.17) is 4.74 Å². The zero-order valence-corrected chi connectivity index (χ0v) is 17.3. The van der Waals surface area contributed by atoms with E-state index in [1.165, 1.54) is 31.2 Å². The standard InChI is InChI=1S/C25H21NO6/c1-16(27)32-21-9-5-8-20(15-21)24(29)26-22(25(30)31)14-17-10-12-19(13-11-17)23(28)18-6-3-2-4-7-18/h2-13,15,22H,14H2,1H3,(H,26,29)(H,30,31)/t22-/m1/s1. The van der Waals surface area contributed by atoms with Crippen molar-refractivity contribution in [3.8, 4) is 5.75 Å². The summed E-state index contributed by atoms with van der Waals surface area (Å²) in [5, 5.41) is 12.0. The molecule has 0 aliphatic rings. The average molecular weight is 431 g/mol. The van der Waals surface area contributed by atoms with Gasteiger partial charge in [-0.2, -0.15) is 0 Å². The van der Waals surface area contributed by atoms with Crippen LogP contribution < -0.4 is 10.1 Å². The number of ether oxygens (including phenoxy) is 1. The monoisotopic (exact) mass is 431 g/mol. The van der Waals surface area contributed by atoms with Crippen LogP contribution in [-0.2, 0) is 16.0 Å². The minimum Gasteiger partial charge on any atom is -0.480 e. The Hall–Kier alpha value is -4.26. The molecule has 0 aromatic heterocycles. The summed E-state index contributed by atoms with van der Waals surface area (Å²) in [4.78, 5) is 47.8. The number of carboxylic acid groups (broad SMARTS) is 1. The van der Waals surface area contributed by atoms with Gasteiger partial charge < -0.3 is 15.2 Å². The Kier molecular flexibility index (Phi) is 7.13. The van der Waals surface area contributed by atoms with E-state index in [-0.39, 0.29) is 23.5 Å². The molecule has 32 heavy (non-hydrogen) atoms. The second kappa shape index (κ2) is 10.2. The predicted molar refractivity (Wildman–Crippen MR) is 117 cm³/mol. The highest BCUT2D eigenvalue weighted by atomic mass is 16.5. The van der Waals surface area contributed by atoms with Crippen molar-refractivity contribution < 1.29 is 29.0 Å². The number of nitrogens with one attached hydrogen (secondary N) is 1. The third kappa shape index (κ3) is 5.89. The topological polar surface area (TPSA) is 110 Å². The normalized spacial score (nSPS) is 11.3. The van der Waals surface area contributed by atoms with Crippen LogP contribution in [0.1, 0.15) is 38.8 Å². The fourth-order valence-corrected chi connectivity index (χ4v) is 3.09. The maximum Gasteiger partial charge on any atom is 0.326 e. The van der Waals surface area contributed by atoms with Gasteiger partial charge in [0.1, 0.15) is 11.8 Å². The van der Waals surface area contributed by atoms with Crippen molar-refractivity contribution in [2.24, 2.45) is 0 Å². The summed E-state index contributed by atoms with van der Waals surface area (Å²) in [7, 11) is 0. The van der Waals surface area contributed by atoms with Crippen LogP contribution in [0.2, 0.25) is 0 Å². The van der Waals surface area contributed by atoms with Gasteiger partial charge in [0.15, 0.2) is 5.78 Å². The van der Waals surface area contributed by atoms with Gasteiger partial charge in [-0.3, -0.25) is 14.4 Å². The van der Waals surface area contributed by atoms with Crippen molar-refractivity contribution in [3.05, 3.63) is 101 Å². The summed E-state index contributed by atoms with van der Waals surface area (Å²) in [6.07, 6.45) is 0.0323. The molecule has 0 radical (unpaired) electrons. The molecule has 0 aliphatic carbocycles. The molecule has 0 fully saturated rings. The van der Waals surface area contributed by atoms with Crippen LogP contribution in [0.15, 0.2) is 78.9 Å². The number of amides is 1. The van der Waals surface area contributed by atoms with Crippen LogP contribution in [-0.4, -0.2) is 34.8 Å². The second-order valence-electron chi connectivity index (χ2n) is 7.08. The first-order chi connectivity index (χ1) is 15.3. The summed E-state index contributed by atoms with van der Waals surface area (Å²) in [6, 6.07) is 20.2. The predicted octanol–water partition coefficient (Wildman–Crippen LogP) is 3.27. The minimum atomic E-state index is -1.20. The number of aliphatic carboxylic acids is 1. The number of hydrogen-bond donors (Lipinski definition) is 2. The fraction of sp³-hybridized carbons (Fsp3) is 0.120. The molecule has 2 N–H and O–H groups in total. The number of hydrogen-bond acceptors (Lipinski definition) is 5. The van der Waals surface area contributed by atoms with E-state index < -0.39 is 23.9 Å². The second-order valence-corrected chi connectivity index (χ2v) is 7.08. The molecular weight excluding hydrogens is 410 g/mol. The van der Waals surface area contributed by atoms with E-state index in [0.29, 0.717) is 16.7 Å². The fourth-order valence-electron chi connectivity index (χ4n) is 3.09. The Morgan fingerprint density at radius 2 is 1.47 bits per heavy atom. The zero-order valence-electron chi connectivity index (χ0n) is 17.3. The van der Waals surface area contributed by atoms with Gasteiger partial charge in [0.05, 0.1) is 0 Å². The Labute approximate surface area is 184 Å². The number of esters is 1. The van der Waals surface area contributed by atoms with Gasteiger partial charge in [-0.25, -0.2) is 4.79 Å². The molecule has 7 nitrogen and oxygen atoms in total. The van der Waals surface area contributed by atoms with Crippen LogP contribution in [0, 0.1) is 0 Å². The van der Waals surface area contributed by atoms with Gasteiger partial charge in [0, 0.05) is 30.0 Å². The molecule has 0 saturated carbocycles. The van der Waals surface area contributed by atoms with E-state index >= 15 is 0 Å². The molecule has 1 atom stereocenters. The molecule has 0 unspecified atom stereocenters. The zero-order chi connectivity index (χ0) is 23.1. The summed E-state index contributed by atoms with van der Waals surface area (Å²) in [5.41, 5.74) is 1.86. The Morgan fingerprint density at radius 1 is 0.844 bits per heavy atom. The number of ketones is 1. The van der Waals surface area contributed by atoms with Crippen LogP contribution in [0.3, 0.4) is 0 Å². The minimum absolute atomic E-state index is 0.0323. The number of carbonyl (C=O) groups is 4. The number of benzene rings is 3. The number of carbonyl (C=O) groups excluding carboxylic acids is 3. The van der Waals surface area contributed by atoms with Crippen LogP contribution in [0.5, 0.6) is 5.75 Å². The molecule has 3 aromatic rings. The van der Waals surface area contributed by atoms with Crippen molar-refractivity contribution in [2.45, 2.75) is 19.4 Å². The Morgan fingerprint density at radius 3 is 2.09 bits per heavy atom. The molecule has 0 heterocycles. The van der Waals surface area contributed by atoms with E-state index in [2.05, 4.69) is 5.32 Å². The third-order valence-electron chi connectivity index (χ3n) is 4.65. The summed E-state index contributed by atoms with van der Waals surface area (Å²) in [6.45, 7) is 1.24. The van der Waals surface area contributed by atoms with Crippen molar-refractivity contribution in [1.82, 2.24) is 5.32 Å². The van der Waals surface area contributed by atoms with Gasteiger partial charge in [-0.1, -0.05) is 60.7 Å². The quantitative estimate of drug-likeness (QED) is 0.322. The lowest BCUT2D eigenvalue weighted by atomic mass is 9.99. The lowest BCUT2D eigenvalue weighted by molar-refractivity contribution is -0.139. The third-order valence-corrected chi connectivity index (χ3v) is 4.65. The lowest BCUT2D eigenvalue weighted by Gasteiger charge is -2.15. The lowest BCUT2D eigenvalue weighted by Crippen LogP contribution is -2.42. The molecule has 1 amide bonds. The molecule has 3 rings (SSSR count). The molecule has 0 spiro atoms. The SMILES string of the molecule is CC(=O)Oc1cccc(C(=O)N[C@H](Cc2ccc(C(=O)c3ccccc3)cc2)C(=O)O)c1. The van der Waals surface area contributed by atoms with E-state index in [9.17, 15) is 24.3 Å². The summed E-state index contributed by atoms with van der Waals surface area (Å²) in [5.74, 6) is -2.27. The Balaban J connectivity index is 1.69. The molecule has 7 heteroatoms. The van der Waals surface area contributed by atoms with Gasteiger partial charge in [-0.05, 0) is 23.8 Å². The maximum atomic E-state index is 12.5. The molecule has 0 saturated heterocycles. The molecular formula is C25H21NO6. The highest BCUT2D eigenvalue weighted by Gasteiger charge is 2.22. The maximum absolute atomic E-state index is 12.5. The van der Waals surface area contributed by atoms with E-state index in [0.717, 1.165) is 0 Å². The largest absolute Gasteiger partial charge is 0.480 e. The van der Waals surface area contributed by atoms with Crippen molar-refractivity contribution in [3.63, 3.8) is 0 Å². The van der Waals surface area contributed by atoms with Crippen molar-refractivity contribution in [1.29, 1.82) is 0 Å². The van der Waals surface area contributed by atoms with Crippen molar-refractivity contribution >= 4 is 23.6 Å². The van der Waals surface area contributed by atoms with Gasteiger partial charge in [0.25, 0.3) is 5.91 Å². The number of rotatable bonds is 8. The molecule has 162 valence electrons. The van der Waals surface area contributed by atoms with Crippen LogP contribution in [0.25, 0.3) is 0 Å². The van der Waals surface area contributed by atoms with Gasteiger partial charge >= 0.3 is 11.9 Å². The Bertz CT molecular complexity index is 1140. The molecule has 0 bridgehead atoms. The number of carboxylic acids is 1. The first-order valence-electron chi connectivity index (χ1n) is 9.84. The first-order valence-corrected chi connectivity index (χ1v) is 9.84. The molecule has 0 aliphatic heterocycles. The highest BCUT2D eigenvalue weighted by molar-refractivity contribution is 6.09. The van der Waals surface area contributed by atoms with E-state index in [1.54, 1.807) is 48.5 Å². The van der Waals surface area contributed by atoms with Crippen LogP contribution >= 0.6 is 0 Å². The average Bonchev–Trinajstić information content (AvgIpc) is 2.79. The summed E-state index contributed by atoms with van der Waals surface area (Å²) < 4.78 is 4.95. The van der Waals surface area contributed by atoms with Crippen LogP contribution in [0.4, 0.5) is 0 Å². The van der Waals surface area contributed by atoms with E-state index in [1.807, 2.05) is 6.07 Å². The van der Waals surface area contributed by atoms with Crippen molar-refractivity contribution in [2.75, 3.05) is 0 Å².